The number of urea groups is 1. The summed E-state index contributed by atoms with van der Waals surface area (Å²) in [5, 5.41) is 6.86. The van der Waals surface area contributed by atoms with Gasteiger partial charge in [-0.1, -0.05) is 6.07 Å². The molecule has 0 bridgehead atoms. The average molecular weight is 623 g/mol. The number of H-pyrrole nitrogens is 1. The fourth-order valence-corrected chi connectivity index (χ4v) is 5.40. The van der Waals surface area contributed by atoms with Gasteiger partial charge in [-0.3, -0.25) is 4.98 Å². The van der Waals surface area contributed by atoms with Crippen LogP contribution < -0.4 is 10.6 Å². The Hall–Kier alpha value is -4.23. The molecule has 0 aromatic carbocycles. The second kappa shape index (κ2) is 16.2. The minimum absolute atomic E-state index is 0.0356. The molecule has 2 amide bonds. The van der Waals surface area contributed by atoms with Crippen molar-refractivity contribution in [1.29, 1.82) is 0 Å². The molecule has 5 rings (SSSR count). The smallest absolute Gasteiger partial charge is 0.317 e. The van der Waals surface area contributed by atoms with Gasteiger partial charge in [-0.05, 0) is 63.1 Å². The summed E-state index contributed by atoms with van der Waals surface area (Å²) in [5.41, 5.74) is 1.93. The first-order valence-electron chi connectivity index (χ1n) is 15.5. The maximum atomic E-state index is 14.7. The molecule has 0 saturated heterocycles. The largest absolute Gasteiger partial charge is 0.379 e. The lowest BCUT2D eigenvalue weighted by molar-refractivity contribution is 0.0381. The Morgan fingerprint density at radius 3 is 2.78 bits per heavy atom. The molecule has 3 N–H and O–H groups in total. The average Bonchev–Trinajstić information content (AvgIpc) is 3.46. The first kappa shape index (κ1) is 32.2. The van der Waals surface area contributed by atoms with Crippen LogP contribution in [0, 0.1) is 11.6 Å². The molecule has 0 unspecified atom stereocenters. The number of carbonyl (C=O) groups excluding carboxylic acids is 1. The monoisotopic (exact) mass is 622 g/mol. The zero-order chi connectivity index (χ0) is 31.4. The highest BCUT2D eigenvalue weighted by Crippen LogP contribution is 2.28. The molecule has 4 aromatic rings. The van der Waals surface area contributed by atoms with Crippen LogP contribution in [0.3, 0.4) is 0 Å². The van der Waals surface area contributed by atoms with Crippen molar-refractivity contribution in [2.24, 2.45) is 0 Å². The third-order valence-corrected chi connectivity index (χ3v) is 7.80. The van der Waals surface area contributed by atoms with Crippen molar-refractivity contribution in [2.45, 2.75) is 63.6 Å². The zero-order valence-corrected chi connectivity index (χ0v) is 25.5. The molecule has 2 atom stereocenters. The number of rotatable bonds is 15. The lowest BCUT2D eigenvalue weighted by atomic mass is 9.91. The van der Waals surface area contributed by atoms with Crippen molar-refractivity contribution in [3.8, 4) is 11.4 Å². The molecule has 0 radical (unpaired) electrons. The van der Waals surface area contributed by atoms with Gasteiger partial charge in [0.25, 0.3) is 0 Å². The van der Waals surface area contributed by atoms with E-state index in [4.69, 9.17) is 9.47 Å². The van der Waals surface area contributed by atoms with Crippen LogP contribution >= 0.6 is 0 Å². The third kappa shape index (κ3) is 9.38. The standard InChI is InChI=1S/C32H40F2N8O3/c1-42(12-5-2-6-13-44-14-15-45-21-25-8-3-4-11-35-25)32(43)40-24-10-7-9-23(17-24)39-31-28(34)20-38-30(41-31)27-19-37-29-26(27)16-22(33)18-36-29/h3-4,8,11,16,18-20,23-24H,2,5-7,9-10,12-15,17,21H2,1H3,(H,36,37)(H,40,43)(H,38,39,41)/t23-,24+/m0/s1. The molecule has 1 fully saturated rings. The number of amides is 2. The number of aromatic amines is 1. The molecular formula is C32H40F2N8O3. The number of hydrogen-bond acceptors (Lipinski definition) is 8. The van der Waals surface area contributed by atoms with Crippen molar-refractivity contribution < 1.29 is 23.0 Å². The summed E-state index contributed by atoms with van der Waals surface area (Å²) in [6, 6.07) is 6.86. The zero-order valence-electron chi connectivity index (χ0n) is 25.5. The van der Waals surface area contributed by atoms with E-state index in [9.17, 15) is 13.6 Å². The third-order valence-electron chi connectivity index (χ3n) is 7.80. The number of anilines is 1. The number of halogens is 2. The van der Waals surface area contributed by atoms with Crippen molar-refractivity contribution >= 4 is 22.9 Å². The first-order valence-corrected chi connectivity index (χ1v) is 15.5. The van der Waals surface area contributed by atoms with Crippen LogP contribution in [-0.4, -0.2) is 81.3 Å². The number of fused-ring (bicyclic) bond motifs is 1. The van der Waals surface area contributed by atoms with Crippen molar-refractivity contribution in [2.75, 3.05) is 38.7 Å². The fraction of sp³-hybridized carbons (Fsp3) is 0.469. The van der Waals surface area contributed by atoms with Crippen molar-refractivity contribution in [3.05, 3.63) is 66.4 Å². The Labute approximate surface area is 261 Å². The Kier molecular flexibility index (Phi) is 11.6. The quantitative estimate of drug-likeness (QED) is 0.149. The number of nitrogens with one attached hydrogen (secondary N) is 3. The van der Waals surface area contributed by atoms with Gasteiger partial charge in [0.1, 0.15) is 11.5 Å². The van der Waals surface area contributed by atoms with Crippen LogP contribution in [0.5, 0.6) is 0 Å². The molecule has 4 aromatic heterocycles. The number of carbonyl (C=O) groups is 1. The number of hydrogen-bond donors (Lipinski definition) is 3. The van der Waals surface area contributed by atoms with Gasteiger partial charge in [0.2, 0.25) is 0 Å². The van der Waals surface area contributed by atoms with Crippen molar-refractivity contribution in [3.63, 3.8) is 0 Å². The van der Waals surface area contributed by atoms with Crippen LogP contribution in [0.1, 0.15) is 50.6 Å². The summed E-state index contributed by atoms with van der Waals surface area (Å²) >= 11 is 0. The van der Waals surface area contributed by atoms with E-state index in [0.717, 1.165) is 56.6 Å². The second-order valence-electron chi connectivity index (χ2n) is 11.3. The Bertz CT molecular complexity index is 1520. The van der Waals surface area contributed by atoms with Gasteiger partial charge in [-0.15, -0.1) is 0 Å². The first-order chi connectivity index (χ1) is 22.0. The minimum Gasteiger partial charge on any atom is -0.379 e. The summed E-state index contributed by atoms with van der Waals surface area (Å²) in [6.07, 6.45) is 11.6. The van der Waals surface area contributed by atoms with Gasteiger partial charge in [0, 0.05) is 55.6 Å². The van der Waals surface area contributed by atoms with Gasteiger partial charge >= 0.3 is 6.03 Å². The Morgan fingerprint density at radius 2 is 1.91 bits per heavy atom. The van der Waals surface area contributed by atoms with E-state index in [1.54, 1.807) is 24.3 Å². The van der Waals surface area contributed by atoms with Crippen molar-refractivity contribution in [1.82, 2.24) is 35.1 Å². The fourth-order valence-electron chi connectivity index (χ4n) is 5.40. The predicted octanol–water partition coefficient (Wildman–Crippen LogP) is 5.46. The maximum absolute atomic E-state index is 14.7. The van der Waals surface area contributed by atoms with E-state index < -0.39 is 11.6 Å². The number of ether oxygens (including phenoxy) is 2. The van der Waals surface area contributed by atoms with Crippen LogP contribution in [0.4, 0.5) is 19.4 Å². The van der Waals surface area contributed by atoms with Gasteiger partial charge in [-0.25, -0.2) is 28.5 Å². The summed E-state index contributed by atoms with van der Waals surface area (Å²) in [6.45, 7) is 2.85. The van der Waals surface area contributed by atoms with Gasteiger partial charge in [0.05, 0.1) is 37.9 Å². The molecule has 1 saturated carbocycles. The van der Waals surface area contributed by atoms with E-state index >= 15 is 0 Å². The SMILES string of the molecule is CN(CCCCCOCCOCc1ccccn1)C(=O)N[C@@H]1CCC[C@H](Nc2nc(-c3c[nH]c4ncc(F)cc34)ncc2F)C1. The molecule has 4 heterocycles. The Morgan fingerprint density at radius 1 is 1.04 bits per heavy atom. The van der Waals surface area contributed by atoms with Gasteiger partial charge in [-0.2, -0.15) is 0 Å². The highest BCUT2D eigenvalue weighted by Gasteiger charge is 2.25. The molecule has 0 spiro atoms. The molecule has 45 heavy (non-hydrogen) atoms. The number of pyridine rings is 2. The molecule has 1 aliphatic carbocycles. The number of aromatic nitrogens is 5. The second-order valence-corrected chi connectivity index (χ2v) is 11.3. The summed E-state index contributed by atoms with van der Waals surface area (Å²) in [4.78, 5) is 34.3. The Balaban J connectivity index is 0.994. The highest BCUT2D eigenvalue weighted by molar-refractivity contribution is 5.91. The van der Waals surface area contributed by atoms with Crippen LogP contribution in [-0.2, 0) is 16.1 Å². The van der Waals surface area contributed by atoms with E-state index in [1.807, 2.05) is 18.2 Å². The van der Waals surface area contributed by atoms with Crippen LogP contribution in [0.2, 0.25) is 0 Å². The van der Waals surface area contributed by atoms with Crippen LogP contribution in [0.25, 0.3) is 22.4 Å². The predicted molar refractivity (Wildman–Crippen MR) is 166 cm³/mol. The topological polar surface area (TPSA) is 130 Å². The molecule has 11 nitrogen and oxygen atoms in total. The summed E-state index contributed by atoms with van der Waals surface area (Å²) in [7, 11) is 1.80. The van der Waals surface area contributed by atoms with E-state index in [1.165, 1.54) is 6.07 Å². The minimum atomic E-state index is -0.576. The van der Waals surface area contributed by atoms with E-state index in [0.29, 0.717) is 56.0 Å². The molecule has 240 valence electrons. The number of unbranched alkanes of at least 4 members (excludes halogenated alkanes) is 2. The molecule has 1 aliphatic rings. The summed E-state index contributed by atoms with van der Waals surface area (Å²) < 4.78 is 39.7. The van der Waals surface area contributed by atoms with Gasteiger partial charge in [0.15, 0.2) is 17.5 Å². The lowest BCUT2D eigenvalue weighted by Gasteiger charge is -2.32. The maximum Gasteiger partial charge on any atom is 0.317 e. The normalized spacial score (nSPS) is 16.5. The van der Waals surface area contributed by atoms with E-state index in [2.05, 4.69) is 35.6 Å². The van der Waals surface area contributed by atoms with Gasteiger partial charge < -0.3 is 30.0 Å². The molecule has 0 aliphatic heterocycles. The van der Waals surface area contributed by atoms with Crippen LogP contribution in [0.15, 0.2) is 49.1 Å². The summed E-state index contributed by atoms with van der Waals surface area (Å²) in [5.74, 6) is -0.719. The highest BCUT2D eigenvalue weighted by atomic mass is 19.1. The lowest BCUT2D eigenvalue weighted by Crippen LogP contribution is -2.47. The molecule has 13 heteroatoms. The van der Waals surface area contributed by atoms with E-state index in [-0.39, 0.29) is 29.8 Å². The number of nitrogens with zero attached hydrogens (tertiary/aromatic N) is 5. The molecular weight excluding hydrogens is 582 g/mol.